The van der Waals surface area contributed by atoms with Crippen LogP contribution in [0.15, 0.2) is 60.9 Å². The second-order valence-electron chi connectivity index (χ2n) is 7.70. The molecule has 0 saturated carbocycles. The first-order valence-corrected chi connectivity index (χ1v) is 10.4. The van der Waals surface area contributed by atoms with Crippen molar-refractivity contribution in [2.45, 2.75) is 39.8 Å². The molecular formula is C25H28N4O. The lowest BCUT2D eigenvalue weighted by Crippen LogP contribution is -2.05. The van der Waals surface area contributed by atoms with Crippen molar-refractivity contribution in [3.63, 3.8) is 0 Å². The normalized spacial score (nSPS) is 11.2. The number of fused-ring (bicyclic) bond motifs is 1. The maximum Gasteiger partial charge on any atom is 0.146 e. The molecule has 0 fully saturated rings. The summed E-state index contributed by atoms with van der Waals surface area (Å²) in [5.41, 5.74) is 5.82. The van der Waals surface area contributed by atoms with E-state index in [1.807, 2.05) is 12.1 Å². The van der Waals surface area contributed by atoms with E-state index in [2.05, 4.69) is 83.1 Å². The summed E-state index contributed by atoms with van der Waals surface area (Å²) < 4.78 is 7.53. The van der Waals surface area contributed by atoms with Crippen LogP contribution < -0.4 is 10.1 Å². The van der Waals surface area contributed by atoms with Crippen LogP contribution in [0.2, 0.25) is 0 Å². The van der Waals surface area contributed by atoms with Crippen LogP contribution in [0.4, 0.5) is 5.82 Å². The van der Waals surface area contributed by atoms with Crippen molar-refractivity contribution in [2.24, 2.45) is 0 Å². The van der Waals surface area contributed by atoms with Gasteiger partial charge in [-0.1, -0.05) is 43.3 Å². The Kier molecular flexibility index (Phi) is 5.70. The van der Waals surface area contributed by atoms with Crippen LogP contribution >= 0.6 is 0 Å². The van der Waals surface area contributed by atoms with Crippen LogP contribution in [0, 0.1) is 0 Å². The van der Waals surface area contributed by atoms with Gasteiger partial charge in [-0.3, -0.25) is 0 Å². The number of nitrogens with zero attached hydrogens (tertiary/aromatic N) is 3. The lowest BCUT2D eigenvalue weighted by molar-refractivity contribution is 0.414. The number of hydrogen-bond donors (Lipinski definition) is 1. The molecule has 154 valence electrons. The fourth-order valence-corrected chi connectivity index (χ4v) is 3.76. The molecule has 2 aromatic heterocycles. The summed E-state index contributed by atoms with van der Waals surface area (Å²) in [4.78, 5) is 9.15. The number of aromatic nitrogens is 3. The van der Waals surface area contributed by atoms with Crippen LogP contribution in [-0.2, 0) is 13.0 Å². The molecule has 2 aromatic carbocycles. The molecular weight excluding hydrogens is 372 g/mol. The maximum absolute atomic E-state index is 5.24. The molecule has 1 N–H and O–H groups in total. The SMILES string of the molecule is CCc1ccc(-c2cc3c(NCc4ccc(OC)cc4)ncnc3n2C(C)C)cc1. The van der Waals surface area contributed by atoms with E-state index in [9.17, 15) is 0 Å². The largest absolute Gasteiger partial charge is 0.497 e. The third-order valence-corrected chi connectivity index (χ3v) is 5.43. The highest BCUT2D eigenvalue weighted by molar-refractivity contribution is 5.92. The molecule has 4 rings (SSSR count). The van der Waals surface area contributed by atoms with Crippen LogP contribution in [0.1, 0.15) is 37.9 Å². The zero-order valence-corrected chi connectivity index (χ0v) is 18.0. The van der Waals surface area contributed by atoms with Gasteiger partial charge in [0.15, 0.2) is 0 Å². The van der Waals surface area contributed by atoms with Gasteiger partial charge >= 0.3 is 0 Å². The second-order valence-corrected chi connectivity index (χ2v) is 7.70. The van der Waals surface area contributed by atoms with Crippen molar-refractivity contribution < 1.29 is 4.74 Å². The van der Waals surface area contributed by atoms with E-state index in [1.165, 1.54) is 16.7 Å². The molecule has 0 amide bonds. The summed E-state index contributed by atoms with van der Waals surface area (Å²) in [5, 5.41) is 4.52. The number of ether oxygens (including phenoxy) is 1. The Labute approximate surface area is 177 Å². The second kappa shape index (κ2) is 8.57. The van der Waals surface area contributed by atoms with Gasteiger partial charge in [0.2, 0.25) is 0 Å². The highest BCUT2D eigenvalue weighted by Crippen LogP contribution is 2.33. The van der Waals surface area contributed by atoms with Crippen LogP contribution in [0.3, 0.4) is 0 Å². The van der Waals surface area contributed by atoms with E-state index in [0.29, 0.717) is 6.54 Å². The molecule has 5 nitrogen and oxygen atoms in total. The molecule has 4 aromatic rings. The van der Waals surface area contributed by atoms with Crippen molar-refractivity contribution in [3.05, 3.63) is 72.1 Å². The Morgan fingerprint density at radius 3 is 2.30 bits per heavy atom. The average molecular weight is 401 g/mol. The van der Waals surface area contributed by atoms with Gasteiger partial charge in [0.25, 0.3) is 0 Å². The maximum atomic E-state index is 5.24. The summed E-state index contributed by atoms with van der Waals surface area (Å²) >= 11 is 0. The average Bonchev–Trinajstić information content (AvgIpc) is 3.18. The first-order valence-electron chi connectivity index (χ1n) is 10.4. The smallest absolute Gasteiger partial charge is 0.146 e. The number of benzene rings is 2. The Hall–Kier alpha value is -3.34. The van der Waals surface area contributed by atoms with Crippen molar-refractivity contribution in [3.8, 4) is 17.0 Å². The van der Waals surface area contributed by atoms with Crippen LogP contribution in [0.25, 0.3) is 22.3 Å². The minimum atomic E-state index is 0.285. The van der Waals surface area contributed by atoms with Gasteiger partial charge in [-0.25, -0.2) is 9.97 Å². The molecule has 0 aliphatic heterocycles. The number of nitrogens with one attached hydrogen (secondary N) is 1. The minimum Gasteiger partial charge on any atom is -0.497 e. The van der Waals surface area contributed by atoms with E-state index >= 15 is 0 Å². The molecule has 30 heavy (non-hydrogen) atoms. The van der Waals surface area contributed by atoms with Gasteiger partial charge in [0.1, 0.15) is 23.5 Å². The zero-order chi connectivity index (χ0) is 21.1. The zero-order valence-electron chi connectivity index (χ0n) is 18.0. The van der Waals surface area contributed by atoms with Gasteiger partial charge in [-0.2, -0.15) is 0 Å². The van der Waals surface area contributed by atoms with E-state index in [0.717, 1.165) is 34.7 Å². The highest BCUT2D eigenvalue weighted by atomic mass is 16.5. The third kappa shape index (κ3) is 3.88. The lowest BCUT2D eigenvalue weighted by Gasteiger charge is -2.14. The summed E-state index contributed by atoms with van der Waals surface area (Å²) in [7, 11) is 1.68. The summed E-state index contributed by atoms with van der Waals surface area (Å²) in [6.07, 6.45) is 2.68. The Morgan fingerprint density at radius 1 is 0.967 bits per heavy atom. The van der Waals surface area contributed by atoms with E-state index in [1.54, 1.807) is 13.4 Å². The van der Waals surface area contributed by atoms with Crippen LogP contribution in [0.5, 0.6) is 5.75 Å². The van der Waals surface area contributed by atoms with Crippen molar-refractivity contribution in [1.82, 2.24) is 14.5 Å². The van der Waals surface area contributed by atoms with Crippen molar-refractivity contribution in [1.29, 1.82) is 0 Å². The first kappa shape index (κ1) is 20.0. The molecule has 0 spiro atoms. The van der Waals surface area contributed by atoms with E-state index < -0.39 is 0 Å². The van der Waals surface area contributed by atoms with Gasteiger partial charge in [0, 0.05) is 12.6 Å². The number of anilines is 1. The van der Waals surface area contributed by atoms with Crippen molar-refractivity contribution >= 4 is 16.9 Å². The Morgan fingerprint density at radius 2 is 1.67 bits per heavy atom. The highest BCUT2D eigenvalue weighted by Gasteiger charge is 2.17. The quantitative estimate of drug-likeness (QED) is 0.422. The van der Waals surface area contributed by atoms with E-state index in [-0.39, 0.29) is 6.04 Å². The van der Waals surface area contributed by atoms with E-state index in [4.69, 9.17) is 4.74 Å². The molecule has 0 aliphatic rings. The molecule has 0 radical (unpaired) electrons. The number of hydrogen-bond acceptors (Lipinski definition) is 4. The van der Waals surface area contributed by atoms with Gasteiger partial charge in [0.05, 0.1) is 18.2 Å². The number of methoxy groups -OCH3 is 1. The standard InChI is InChI=1S/C25H28N4O/c1-5-18-6-10-20(11-7-18)23-14-22-24(27-16-28-25(22)29(23)17(2)3)26-15-19-8-12-21(30-4)13-9-19/h6-14,16-17H,5,15H2,1-4H3,(H,26,27,28). The van der Waals surface area contributed by atoms with Gasteiger partial charge < -0.3 is 14.6 Å². The molecule has 2 heterocycles. The molecule has 5 heteroatoms. The summed E-state index contributed by atoms with van der Waals surface area (Å²) in [6.45, 7) is 7.24. The summed E-state index contributed by atoms with van der Waals surface area (Å²) in [6, 6.07) is 19.3. The van der Waals surface area contributed by atoms with Gasteiger partial charge in [-0.15, -0.1) is 0 Å². The summed E-state index contributed by atoms with van der Waals surface area (Å²) in [5.74, 6) is 1.71. The monoisotopic (exact) mass is 400 g/mol. The topological polar surface area (TPSA) is 52.0 Å². The predicted octanol–water partition coefficient (Wildman–Crippen LogP) is 5.86. The fraction of sp³-hybridized carbons (Fsp3) is 0.280. The van der Waals surface area contributed by atoms with Crippen LogP contribution in [-0.4, -0.2) is 21.6 Å². The molecule has 0 saturated heterocycles. The number of rotatable bonds is 7. The lowest BCUT2D eigenvalue weighted by atomic mass is 10.1. The van der Waals surface area contributed by atoms with Gasteiger partial charge in [-0.05, 0) is 55.2 Å². The Bertz CT molecular complexity index is 1130. The molecule has 0 aliphatic carbocycles. The fourth-order valence-electron chi connectivity index (χ4n) is 3.76. The molecule has 0 bridgehead atoms. The van der Waals surface area contributed by atoms with Crippen molar-refractivity contribution in [2.75, 3.05) is 12.4 Å². The number of aryl methyl sites for hydroxylation is 1. The first-order chi connectivity index (χ1) is 14.6. The Balaban J connectivity index is 1.70. The minimum absolute atomic E-state index is 0.285. The third-order valence-electron chi connectivity index (χ3n) is 5.43. The molecule has 0 atom stereocenters. The molecule has 0 unspecified atom stereocenters. The predicted molar refractivity (Wildman–Crippen MR) is 123 cm³/mol.